The van der Waals surface area contributed by atoms with Crippen molar-refractivity contribution in [3.05, 3.63) is 43.8 Å². The highest BCUT2D eigenvalue weighted by molar-refractivity contribution is 9.10. The van der Waals surface area contributed by atoms with Crippen molar-refractivity contribution < 1.29 is 9.15 Å². The zero-order valence-electron chi connectivity index (χ0n) is 13.7. The first-order chi connectivity index (χ1) is 12.1. The molecule has 3 heterocycles. The second-order valence-electron chi connectivity index (χ2n) is 5.69. The van der Waals surface area contributed by atoms with E-state index in [1.807, 2.05) is 6.07 Å². The molecule has 1 atom stereocenters. The Bertz CT molecular complexity index is 838. The number of ether oxygens (including phenoxy) is 1. The van der Waals surface area contributed by atoms with Crippen molar-refractivity contribution in [2.24, 2.45) is 5.73 Å². The topological polar surface area (TPSA) is 73.3 Å². The largest absolute Gasteiger partial charge is 0.456 e. The van der Waals surface area contributed by atoms with E-state index in [2.05, 4.69) is 37.7 Å². The summed E-state index contributed by atoms with van der Waals surface area (Å²) < 4.78 is 11.9. The van der Waals surface area contributed by atoms with E-state index >= 15 is 0 Å². The zero-order valence-corrected chi connectivity index (χ0v) is 16.9. The first-order valence-corrected chi connectivity index (χ1v) is 9.91. The van der Waals surface area contributed by atoms with Crippen LogP contribution in [0.3, 0.4) is 0 Å². The van der Waals surface area contributed by atoms with E-state index in [-0.39, 0.29) is 6.04 Å². The lowest BCUT2D eigenvalue weighted by Crippen LogP contribution is -2.24. The van der Waals surface area contributed by atoms with Crippen molar-refractivity contribution in [3.63, 3.8) is 0 Å². The normalized spacial score (nSPS) is 12.6. The van der Waals surface area contributed by atoms with Crippen LogP contribution in [0.25, 0.3) is 11.1 Å². The van der Waals surface area contributed by atoms with E-state index in [1.54, 1.807) is 24.5 Å². The molecule has 0 saturated carbocycles. The summed E-state index contributed by atoms with van der Waals surface area (Å²) in [6, 6.07) is 5.84. The smallest absolute Gasteiger partial charge is 0.177 e. The van der Waals surface area contributed by atoms with E-state index in [4.69, 9.17) is 26.5 Å². The van der Waals surface area contributed by atoms with Gasteiger partial charge in [0.05, 0.1) is 10.2 Å². The maximum atomic E-state index is 6.19. The van der Waals surface area contributed by atoms with Gasteiger partial charge in [-0.1, -0.05) is 17.7 Å². The van der Waals surface area contributed by atoms with E-state index in [1.165, 1.54) is 4.88 Å². The van der Waals surface area contributed by atoms with Crippen molar-refractivity contribution >= 4 is 55.7 Å². The predicted molar refractivity (Wildman–Crippen MR) is 107 cm³/mol. The number of hydrogen-bond donors (Lipinski definition) is 2. The van der Waals surface area contributed by atoms with Gasteiger partial charge in [0.15, 0.2) is 5.58 Å². The molecule has 8 heteroatoms. The number of halogens is 2. The average molecular weight is 445 g/mol. The monoisotopic (exact) mass is 443 g/mol. The number of furan rings is 1. The zero-order chi connectivity index (χ0) is 17.8. The van der Waals surface area contributed by atoms with Gasteiger partial charge in [0.2, 0.25) is 0 Å². The minimum atomic E-state index is -0.0465. The quantitative estimate of drug-likeness (QED) is 0.487. The van der Waals surface area contributed by atoms with Crippen LogP contribution in [0, 0.1) is 0 Å². The van der Waals surface area contributed by atoms with Gasteiger partial charge in [-0.15, -0.1) is 11.3 Å². The number of nitrogens with two attached hydrogens (primary N) is 1. The number of nitrogens with zero attached hydrogens (tertiary/aromatic N) is 1. The van der Waals surface area contributed by atoms with Crippen LogP contribution in [0.2, 0.25) is 5.15 Å². The molecule has 0 aliphatic rings. The Hall–Kier alpha value is -1.12. The van der Waals surface area contributed by atoms with Crippen molar-refractivity contribution in [2.45, 2.75) is 25.4 Å². The molecule has 25 heavy (non-hydrogen) atoms. The summed E-state index contributed by atoms with van der Waals surface area (Å²) in [7, 11) is 1.67. The molecule has 3 aromatic heterocycles. The maximum Gasteiger partial charge on any atom is 0.177 e. The predicted octanol–water partition coefficient (Wildman–Crippen LogP) is 4.82. The molecule has 0 amide bonds. The first-order valence-electron chi connectivity index (χ1n) is 7.86. The fourth-order valence-electron chi connectivity index (χ4n) is 2.52. The first kappa shape index (κ1) is 18.7. The third-order valence-corrected chi connectivity index (χ3v) is 5.68. The fourth-order valence-corrected chi connectivity index (χ4v) is 3.87. The van der Waals surface area contributed by atoms with E-state index in [9.17, 15) is 0 Å². The lowest BCUT2D eigenvalue weighted by atomic mass is 10.1. The third-order valence-electron chi connectivity index (χ3n) is 3.79. The third kappa shape index (κ3) is 4.54. The Morgan fingerprint density at radius 3 is 3.08 bits per heavy atom. The van der Waals surface area contributed by atoms with Gasteiger partial charge >= 0.3 is 0 Å². The van der Waals surface area contributed by atoms with Crippen molar-refractivity contribution in [2.75, 3.05) is 19.0 Å². The van der Waals surface area contributed by atoms with Gasteiger partial charge in [0, 0.05) is 43.7 Å². The van der Waals surface area contributed by atoms with Crippen molar-refractivity contribution in [3.8, 4) is 0 Å². The number of methoxy groups -OCH3 is 1. The summed E-state index contributed by atoms with van der Waals surface area (Å²) in [5.74, 6) is 0.771. The van der Waals surface area contributed by atoms with Crippen LogP contribution >= 0.6 is 38.9 Å². The summed E-state index contributed by atoms with van der Waals surface area (Å²) in [5, 5.41) is 5.84. The van der Waals surface area contributed by atoms with Gasteiger partial charge in [-0.3, -0.25) is 0 Å². The van der Waals surface area contributed by atoms with Crippen LogP contribution < -0.4 is 11.1 Å². The Morgan fingerprint density at radius 1 is 1.52 bits per heavy atom. The van der Waals surface area contributed by atoms with E-state index < -0.39 is 0 Å². The Labute approximate surface area is 163 Å². The van der Waals surface area contributed by atoms with Gasteiger partial charge in [0.25, 0.3) is 0 Å². The number of rotatable bonds is 8. The summed E-state index contributed by atoms with van der Waals surface area (Å²) in [6.07, 6.45) is 1.36. The van der Waals surface area contributed by atoms with Crippen LogP contribution in [0.15, 0.2) is 32.5 Å². The van der Waals surface area contributed by atoms with Crippen LogP contribution in [0.4, 0.5) is 5.69 Å². The lowest BCUT2D eigenvalue weighted by molar-refractivity contribution is 0.187. The van der Waals surface area contributed by atoms with E-state index in [0.29, 0.717) is 35.8 Å². The molecule has 3 rings (SSSR count). The molecule has 0 aliphatic heterocycles. The standard InChI is InChI=1S/C17H19BrClN3O2S/c1-23-5-4-10(20)7-13-15(18)16-17(24-13)12(8-14(19)22-16)21-9-11-3-2-6-25-11/h2-3,6,8,10H,4-5,7,9,20H2,1H3,(H,21,22)/t10-/m0/s1. The summed E-state index contributed by atoms with van der Waals surface area (Å²) in [5.41, 5.74) is 8.36. The molecule has 3 aromatic rings. The molecule has 0 spiro atoms. The Morgan fingerprint density at radius 2 is 2.36 bits per heavy atom. The lowest BCUT2D eigenvalue weighted by Gasteiger charge is -2.09. The number of fused-ring (bicyclic) bond motifs is 1. The van der Waals surface area contributed by atoms with Gasteiger partial charge < -0.3 is 20.2 Å². The van der Waals surface area contributed by atoms with Crippen LogP contribution in [-0.2, 0) is 17.7 Å². The molecule has 0 aromatic carbocycles. The number of nitrogens with one attached hydrogen (secondary N) is 1. The molecular weight excluding hydrogens is 426 g/mol. The van der Waals surface area contributed by atoms with Crippen LogP contribution in [-0.4, -0.2) is 24.7 Å². The highest BCUT2D eigenvalue weighted by Crippen LogP contribution is 2.36. The number of anilines is 1. The van der Waals surface area contributed by atoms with Gasteiger partial charge in [-0.25, -0.2) is 4.98 Å². The number of pyridine rings is 1. The van der Waals surface area contributed by atoms with Gasteiger partial charge in [0.1, 0.15) is 16.4 Å². The molecule has 0 bridgehead atoms. The highest BCUT2D eigenvalue weighted by atomic mass is 79.9. The van der Waals surface area contributed by atoms with Crippen molar-refractivity contribution in [1.82, 2.24) is 4.98 Å². The Balaban J connectivity index is 1.86. The fraction of sp³-hybridized carbons (Fsp3) is 0.353. The number of hydrogen-bond acceptors (Lipinski definition) is 6. The maximum absolute atomic E-state index is 6.19. The summed E-state index contributed by atoms with van der Waals surface area (Å²) in [6.45, 7) is 1.32. The van der Waals surface area contributed by atoms with Crippen LogP contribution in [0.5, 0.6) is 0 Å². The van der Waals surface area contributed by atoms with E-state index in [0.717, 1.165) is 22.3 Å². The van der Waals surface area contributed by atoms with Gasteiger partial charge in [-0.2, -0.15) is 0 Å². The highest BCUT2D eigenvalue weighted by Gasteiger charge is 2.19. The molecule has 0 aliphatic carbocycles. The molecule has 0 saturated heterocycles. The number of aromatic nitrogens is 1. The SMILES string of the molecule is COCC[C@H](N)Cc1oc2c(NCc3cccs3)cc(Cl)nc2c1Br. The molecule has 0 unspecified atom stereocenters. The van der Waals surface area contributed by atoms with Crippen LogP contribution in [0.1, 0.15) is 17.1 Å². The molecule has 5 nitrogen and oxygen atoms in total. The van der Waals surface area contributed by atoms with Crippen molar-refractivity contribution in [1.29, 1.82) is 0 Å². The molecule has 134 valence electrons. The minimum absolute atomic E-state index is 0.0465. The number of thiophene rings is 1. The second-order valence-corrected chi connectivity index (χ2v) is 7.90. The average Bonchev–Trinajstić information content (AvgIpc) is 3.21. The molecule has 3 N–H and O–H groups in total. The molecule has 0 radical (unpaired) electrons. The molecule has 0 fully saturated rings. The van der Waals surface area contributed by atoms with Gasteiger partial charge in [-0.05, 0) is 33.8 Å². The summed E-state index contributed by atoms with van der Waals surface area (Å²) in [4.78, 5) is 5.62. The second kappa shape index (κ2) is 8.51. The Kier molecular flexibility index (Phi) is 6.35. The summed E-state index contributed by atoms with van der Waals surface area (Å²) >= 11 is 11.5. The minimum Gasteiger partial charge on any atom is -0.456 e. The molecular formula is C17H19BrClN3O2S.